The zero-order valence-electron chi connectivity index (χ0n) is 11.2. The Kier molecular flexibility index (Phi) is 4.82. The van der Waals surface area contributed by atoms with E-state index in [9.17, 15) is 9.18 Å². The quantitative estimate of drug-likeness (QED) is 0.794. The lowest BCUT2D eigenvalue weighted by atomic mass is 10.1. The van der Waals surface area contributed by atoms with Gasteiger partial charge in [0.15, 0.2) is 17.3 Å². The molecular weight excluding hydrogens is 265 g/mol. The normalized spacial score (nSPS) is 20.3. The van der Waals surface area contributed by atoms with Crippen LogP contribution in [0.15, 0.2) is 18.2 Å². The number of benzene rings is 1. The number of halogens is 1. The van der Waals surface area contributed by atoms with Gasteiger partial charge < -0.3 is 4.74 Å². The molecule has 3 nitrogen and oxygen atoms in total. The molecule has 1 aliphatic heterocycles. The second-order valence-electron chi connectivity index (χ2n) is 4.69. The van der Waals surface area contributed by atoms with Crippen molar-refractivity contribution in [3.05, 3.63) is 29.6 Å². The van der Waals surface area contributed by atoms with Crippen LogP contribution in [0.4, 0.5) is 4.39 Å². The Bertz CT molecular complexity index is 467. The van der Waals surface area contributed by atoms with Gasteiger partial charge in [-0.25, -0.2) is 4.39 Å². The van der Waals surface area contributed by atoms with E-state index in [4.69, 9.17) is 4.74 Å². The number of carbonyl (C=O) groups excluding carboxylic acids is 1. The lowest BCUT2D eigenvalue weighted by Gasteiger charge is -2.29. The second-order valence-corrected chi connectivity index (χ2v) is 6.24. The second kappa shape index (κ2) is 6.39. The summed E-state index contributed by atoms with van der Waals surface area (Å²) in [6.45, 7) is 4.35. The predicted molar refractivity (Wildman–Crippen MR) is 75.6 cm³/mol. The zero-order chi connectivity index (χ0) is 13.8. The van der Waals surface area contributed by atoms with Gasteiger partial charge in [0.05, 0.1) is 13.7 Å². The molecule has 1 aromatic rings. The third kappa shape index (κ3) is 3.70. The first-order valence-corrected chi connectivity index (χ1v) is 7.35. The fourth-order valence-corrected chi connectivity index (χ4v) is 3.25. The van der Waals surface area contributed by atoms with Crippen LogP contribution in [0.5, 0.6) is 5.75 Å². The summed E-state index contributed by atoms with van der Waals surface area (Å²) < 4.78 is 18.4. The van der Waals surface area contributed by atoms with Crippen LogP contribution in [0.2, 0.25) is 0 Å². The molecule has 0 bridgehead atoms. The largest absolute Gasteiger partial charge is 0.494 e. The molecule has 1 saturated heterocycles. The molecular formula is C14H18FNO2S. The molecule has 2 rings (SSSR count). The molecule has 1 unspecified atom stereocenters. The first-order chi connectivity index (χ1) is 9.10. The lowest BCUT2D eigenvalue weighted by molar-refractivity contribution is 0.0933. The summed E-state index contributed by atoms with van der Waals surface area (Å²) in [5.74, 6) is 0.682. The Morgan fingerprint density at radius 3 is 3.00 bits per heavy atom. The molecule has 0 N–H and O–H groups in total. The molecule has 0 aliphatic carbocycles. The van der Waals surface area contributed by atoms with E-state index in [-0.39, 0.29) is 11.5 Å². The summed E-state index contributed by atoms with van der Waals surface area (Å²) in [5, 5.41) is 0.550. The topological polar surface area (TPSA) is 29.5 Å². The zero-order valence-corrected chi connectivity index (χ0v) is 12.0. The molecule has 104 valence electrons. The molecule has 0 amide bonds. The van der Waals surface area contributed by atoms with Crippen LogP contribution in [0.3, 0.4) is 0 Å². The molecule has 1 heterocycles. The van der Waals surface area contributed by atoms with Crippen molar-refractivity contribution in [2.75, 3.05) is 32.5 Å². The molecule has 0 aromatic heterocycles. The van der Waals surface area contributed by atoms with Crippen molar-refractivity contribution in [3.63, 3.8) is 0 Å². The Morgan fingerprint density at radius 1 is 1.58 bits per heavy atom. The summed E-state index contributed by atoms with van der Waals surface area (Å²) in [4.78, 5) is 14.2. The number of rotatable bonds is 4. The number of hydrogen-bond acceptors (Lipinski definition) is 4. The summed E-state index contributed by atoms with van der Waals surface area (Å²) in [6.07, 6.45) is 0. The predicted octanol–water partition coefficient (Wildman–Crippen LogP) is 2.45. The number of carbonyl (C=O) groups is 1. The molecule has 19 heavy (non-hydrogen) atoms. The summed E-state index contributed by atoms with van der Waals surface area (Å²) in [7, 11) is 1.41. The van der Waals surface area contributed by atoms with Gasteiger partial charge in [0.1, 0.15) is 0 Å². The van der Waals surface area contributed by atoms with Crippen molar-refractivity contribution in [2.45, 2.75) is 12.2 Å². The van der Waals surface area contributed by atoms with E-state index in [2.05, 4.69) is 11.8 Å². The molecule has 1 fully saturated rings. The standard InChI is InChI=1S/C14H18FNO2S/c1-10-8-16(5-6-19-10)9-13(17)11-3-4-14(18-2)12(15)7-11/h3-4,7,10H,5-6,8-9H2,1-2H3. The summed E-state index contributed by atoms with van der Waals surface area (Å²) >= 11 is 1.92. The third-order valence-electron chi connectivity index (χ3n) is 3.17. The maximum Gasteiger partial charge on any atom is 0.176 e. The van der Waals surface area contributed by atoms with Crippen LogP contribution >= 0.6 is 11.8 Å². The van der Waals surface area contributed by atoms with Crippen molar-refractivity contribution >= 4 is 17.5 Å². The van der Waals surface area contributed by atoms with Crippen molar-refractivity contribution < 1.29 is 13.9 Å². The number of Topliss-reactive ketones (excluding diaryl/α,β-unsaturated/α-hetero) is 1. The minimum absolute atomic E-state index is 0.0411. The number of methoxy groups -OCH3 is 1. The van der Waals surface area contributed by atoms with Gasteiger partial charge in [-0.1, -0.05) is 6.92 Å². The highest BCUT2D eigenvalue weighted by Gasteiger charge is 2.20. The van der Waals surface area contributed by atoms with Crippen LogP contribution in [-0.4, -0.2) is 48.4 Å². The molecule has 0 radical (unpaired) electrons. The van der Waals surface area contributed by atoms with Gasteiger partial charge >= 0.3 is 0 Å². The fourth-order valence-electron chi connectivity index (χ4n) is 2.17. The monoisotopic (exact) mass is 283 g/mol. The Balaban J connectivity index is 2.01. The SMILES string of the molecule is COc1ccc(C(=O)CN2CCSC(C)C2)cc1F. The number of ketones is 1. The van der Waals surface area contributed by atoms with Gasteiger partial charge in [0.2, 0.25) is 0 Å². The van der Waals surface area contributed by atoms with E-state index in [0.717, 1.165) is 18.8 Å². The maximum absolute atomic E-state index is 13.6. The molecule has 1 aliphatic rings. The highest BCUT2D eigenvalue weighted by molar-refractivity contribution is 7.99. The van der Waals surface area contributed by atoms with Gasteiger partial charge in [-0.05, 0) is 18.2 Å². The average Bonchev–Trinajstić information content (AvgIpc) is 2.38. The minimum Gasteiger partial charge on any atom is -0.494 e. The Hall–Kier alpha value is -1.07. The molecule has 0 saturated carbocycles. The van der Waals surface area contributed by atoms with Crippen LogP contribution in [0, 0.1) is 5.82 Å². The van der Waals surface area contributed by atoms with E-state index in [0.29, 0.717) is 17.4 Å². The molecule has 1 aromatic carbocycles. The number of ether oxygens (including phenoxy) is 1. The van der Waals surface area contributed by atoms with Gasteiger partial charge in [-0.15, -0.1) is 0 Å². The first-order valence-electron chi connectivity index (χ1n) is 6.31. The Labute approximate surface area is 117 Å². The smallest absolute Gasteiger partial charge is 0.176 e. The average molecular weight is 283 g/mol. The number of nitrogens with zero attached hydrogens (tertiary/aromatic N) is 1. The van der Waals surface area contributed by atoms with E-state index in [1.165, 1.54) is 19.2 Å². The first kappa shape index (κ1) is 14.3. The molecule has 1 atom stereocenters. The van der Waals surface area contributed by atoms with E-state index < -0.39 is 5.82 Å². The van der Waals surface area contributed by atoms with E-state index >= 15 is 0 Å². The summed E-state index contributed by atoms with van der Waals surface area (Å²) in [5.41, 5.74) is 0.407. The highest BCUT2D eigenvalue weighted by atomic mass is 32.2. The van der Waals surface area contributed by atoms with Crippen molar-refractivity contribution in [2.24, 2.45) is 0 Å². The van der Waals surface area contributed by atoms with Crippen molar-refractivity contribution in [3.8, 4) is 5.75 Å². The highest BCUT2D eigenvalue weighted by Crippen LogP contribution is 2.20. The summed E-state index contributed by atoms with van der Waals surface area (Å²) in [6, 6.07) is 4.37. The lowest BCUT2D eigenvalue weighted by Crippen LogP contribution is -2.39. The molecule has 0 spiro atoms. The van der Waals surface area contributed by atoms with E-state index in [1.807, 2.05) is 11.8 Å². The maximum atomic E-state index is 13.6. The van der Waals surface area contributed by atoms with Crippen molar-refractivity contribution in [1.82, 2.24) is 4.90 Å². The Morgan fingerprint density at radius 2 is 2.37 bits per heavy atom. The van der Waals surface area contributed by atoms with Crippen LogP contribution in [0.25, 0.3) is 0 Å². The van der Waals surface area contributed by atoms with Gasteiger partial charge in [-0.2, -0.15) is 11.8 Å². The molecule has 5 heteroatoms. The minimum atomic E-state index is -0.490. The van der Waals surface area contributed by atoms with Crippen molar-refractivity contribution in [1.29, 1.82) is 0 Å². The van der Waals surface area contributed by atoms with Gasteiger partial charge in [0.25, 0.3) is 0 Å². The van der Waals surface area contributed by atoms with E-state index in [1.54, 1.807) is 6.07 Å². The third-order valence-corrected chi connectivity index (χ3v) is 4.30. The fraction of sp³-hybridized carbons (Fsp3) is 0.500. The van der Waals surface area contributed by atoms with Crippen LogP contribution < -0.4 is 4.74 Å². The van der Waals surface area contributed by atoms with Crippen LogP contribution in [0.1, 0.15) is 17.3 Å². The van der Waals surface area contributed by atoms with Gasteiger partial charge in [0, 0.05) is 29.7 Å². The van der Waals surface area contributed by atoms with Crippen LogP contribution in [-0.2, 0) is 0 Å². The van der Waals surface area contributed by atoms with Gasteiger partial charge in [-0.3, -0.25) is 9.69 Å². The number of hydrogen-bond donors (Lipinski definition) is 0. The number of thioether (sulfide) groups is 1.